The molecule has 8 heteroatoms. The van der Waals surface area contributed by atoms with Crippen LogP contribution in [-0.4, -0.2) is 78.9 Å². The minimum Gasteiger partial charge on any atom is -0.347 e. The molecule has 0 aliphatic carbocycles. The van der Waals surface area contributed by atoms with Gasteiger partial charge in [-0.15, -0.1) is 11.3 Å². The molecule has 0 saturated carbocycles. The second-order valence-electron chi connectivity index (χ2n) is 7.91. The fraction of sp³-hybridized carbons (Fsp3) is 0.632. The lowest BCUT2D eigenvalue weighted by atomic mass is 10.1. The highest BCUT2D eigenvalue weighted by Crippen LogP contribution is 2.13. The number of piperazine rings is 1. The van der Waals surface area contributed by atoms with Crippen molar-refractivity contribution in [2.75, 3.05) is 45.8 Å². The molecule has 1 aromatic heterocycles. The van der Waals surface area contributed by atoms with E-state index in [9.17, 15) is 14.4 Å². The molecule has 27 heavy (non-hydrogen) atoms. The Bertz CT molecular complexity index is 646. The molecule has 2 heterocycles. The van der Waals surface area contributed by atoms with Crippen molar-refractivity contribution in [2.24, 2.45) is 0 Å². The normalized spacial score (nSPS) is 16.1. The smallest absolute Gasteiger partial charge is 0.277 e. The molecule has 1 fully saturated rings. The summed E-state index contributed by atoms with van der Waals surface area (Å²) in [6, 6.07) is 3.70. The average Bonchev–Trinajstić information content (AvgIpc) is 3.13. The number of hydrogen-bond acceptors (Lipinski definition) is 4. The first-order chi connectivity index (χ1) is 12.7. The molecule has 0 radical (unpaired) electrons. The van der Waals surface area contributed by atoms with Crippen LogP contribution in [0.5, 0.6) is 0 Å². The number of hydrogen-bond donors (Lipinski definition) is 2. The minimum atomic E-state index is -0.272. The SMILES string of the molecule is CC[NH+](CC(=O)NC(C)(C)C)CC(=O)N1CCN(C(=O)c2cccs2)CC1. The van der Waals surface area contributed by atoms with Gasteiger partial charge < -0.3 is 20.0 Å². The van der Waals surface area contributed by atoms with E-state index in [0.717, 1.165) is 9.78 Å². The molecule has 1 aliphatic rings. The Morgan fingerprint density at radius 3 is 2.26 bits per heavy atom. The van der Waals surface area contributed by atoms with Crippen molar-refractivity contribution in [2.45, 2.75) is 33.2 Å². The number of thiophene rings is 1. The number of likely N-dealkylation sites (N-methyl/N-ethyl adjacent to an activating group) is 1. The maximum absolute atomic E-state index is 12.6. The first kappa shape index (κ1) is 21.4. The monoisotopic (exact) mass is 395 g/mol. The highest BCUT2D eigenvalue weighted by molar-refractivity contribution is 7.12. The van der Waals surface area contributed by atoms with Gasteiger partial charge >= 0.3 is 0 Å². The van der Waals surface area contributed by atoms with E-state index >= 15 is 0 Å². The Labute approximate surface area is 165 Å². The summed E-state index contributed by atoms with van der Waals surface area (Å²) < 4.78 is 0. The van der Waals surface area contributed by atoms with E-state index in [1.165, 1.54) is 11.3 Å². The molecule has 1 aliphatic heterocycles. The summed E-state index contributed by atoms with van der Waals surface area (Å²) >= 11 is 1.44. The van der Waals surface area contributed by atoms with E-state index in [1.807, 2.05) is 45.2 Å². The maximum atomic E-state index is 12.6. The van der Waals surface area contributed by atoms with Gasteiger partial charge in [0.25, 0.3) is 17.7 Å². The van der Waals surface area contributed by atoms with Gasteiger partial charge in [0.15, 0.2) is 13.1 Å². The molecule has 1 aromatic rings. The largest absolute Gasteiger partial charge is 0.347 e. The Hall–Kier alpha value is -1.93. The lowest BCUT2D eigenvalue weighted by Crippen LogP contribution is -3.14. The third kappa shape index (κ3) is 6.62. The van der Waals surface area contributed by atoms with Gasteiger partial charge in [-0.25, -0.2) is 0 Å². The second-order valence-corrected chi connectivity index (χ2v) is 8.85. The van der Waals surface area contributed by atoms with Gasteiger partial charge in [-0.2, -0.15) is 0 Å². The van der Waals surface area contributed by atoms with Gasteiger partial charge in [0, 0.05) is 31.7 Å². The van der Waals surface area contributed by atoms with E-state index < -0.39 is 0 Å². The number of carbonyl (C=O) groups is 3. The van der Waals surface area contributed by atoms with Gasteiger partial charge in [-0.05, 0) is 39.1 Å². The zero-order valence-electron chi connectivity index (χ0n) is 16.7. The summed E-state index contributed by atoms with van der Waals surface area (Å²) in [6.45, 7) is 11.3. The van der Waals surface area contributed by atoms with E-state index in [4.69, 9.17) is 0 Å². The highest BCUT2D eigenvalue weighted by atomic mass is 32.1. The molecule has 1 unspecified atom stereocenters. The topological polar surface area (TPSA) is 74.2 Å². The maximum Gasteiger partial charge on any atom is 0.277 e. The van der Waals surface area contributed by atoms with Gasteiger partial charge in [-0.3, -0.25) is 14.4 Å². The van der Waals surface area contributed by atoms with Crippen molar-refractivity contribution in [1.29, 1.82) is 0 Å². The van der Waals surface area contributed by atoms with Crippen molar-refractivity contribution in [3.8, 4) is 0 Å². The zero-order valence-corrected chi connectivity index (χ0v) is 17.5. The first-order valence-corrected chi connectivity index (χ1v) is 10.3. The molecule has 2 N–H and O–H groups in total. The van der Waals surface area contributed by atoms with Crippen molar-refractivity contribution in [1.82, 2.24) is 15.1 Å². The van der Waals surface area contributed by atoms with E-state index in [-0.39, 0.29) is 29.8 Å². The molecular formula is C19H31N4O3S+. The van der Waals surface area contributed by atoms with Crippen LogP contribution in [-0.2, 0) is 9.59 Å². The van der Waals surface area contributed by atoms with Gasteiger partial charge in [0.2, 0.25) is 0 Å². The second kappa shape index (κ2) is 9.32. The van der Waals surface area contributed by atoms with Crippen LogP contribution in [0.3, 0.4) is 0 Å². The summed E-state index contributed by atoms with van der Waals surface area (Å²) in [4.78, 5) is 42.4. The number of amides is 3. The standard InChI is InChI=1S/C19H30N4O3S/c1-5-21(13-16(24)20-19(2,3)4)14-17(25)22-8-10-23(11-9-22)18(26)15-7-6-12-27-15/h6-7,12H,5,8-11,13-14H2,1-4H3,(H,20,24)/p+1. The number of nitrogens with one attached hydrogen (secondary N) is 2. The van der Waals surface area contributed by atoms with Crippen LogP contribution in [0.1, 0.15) is 37.4 Å². The quantitative estimate of drug-likeness (QED) is 0.704. The third-order valence-corrected chi connectivity index (χ3v) is 5.34. The Morgan fingerprint density at radius 1 is 1.11 bits per heavy atom. The zero-order chi connectivity index (χ0) is 20.0. The molecule has 0 spiro atoms. The average molecular weight is 396 g/mol. The molecule has 7 nitrogen and oxygen atoms in total. The molecule has 1 saturated heterocycles. The van der Waals surface area contributed by atoms with E-state index in [0.29, 0.717) is 39.3 Å². The molecule has 3 amide bonds. The Balaban J connectivity index is 1.80. The van der Waals surface area contributed by atoms with E-state index in [1.54, 1.807) is 9.80 Å². The lowest BCUT2D eigenvalue weighted by molar-refractivity contribution is -0.882. The van der Waals surface area contributed by atoms with Crippen molar-refractivity contribution >= 4 is 29.1 Å². The fourth-order valence-electron chi connectivity index (χ4n) is 3.04. The number of rotatable bonds is 6. The fourth-order valence-corrected chi connectivity index (χ4v) is 3.73. The molecule has 150 valence electrons. The predicted octanol–water partition coefficient (Wildman–Crippen LogP) is -0.148. The Kier molecular flexibility index (Phi) is 7.38. The van der Waals surface area contributed by atoms with Gasteiger partial charge in [0.1, 0.15) is 0 Å². The van der Waals surface area contributed by atoms with Crippen LogP contribution in [0.15, 0.2) is 17.5 Å². The van der Waals surface area contributed by atoms with Crippen LogP contribution < -0.4 is 10.2 Å². The van der Waals surface area contributed by atoms with Gasteiger partial charge in [0.05, 0.1) is 11.4 Å². The van der Waals surface area contributed by atoms with Crippen molar-refractivity contribution < 1.29 is 19.3 Å². The molecular weight excluding hydrogens is 364 g/mol. The van der Waals surface area contributed by atoms with Gasteiger partial charge in [-0.1, -0.05) is 6.07 Å². The lowest BCUT2D eigenvalue weighted by Gasteiger charge is -2.35. The summed E-state index contributed by atoms with van der Waals surface area (Å²) in [7, 11) is 0. The van der Waals surface area contributed by atoms with Crippen molar-refractivity contribution in [3.63, 3.8) is 0 Å². The number of carbonyl (C=O) groups excluding carboxylic acids is 3. The molecule has 0 aromatic carbocycles. The molecule has 2 rings (SSSR count). The Morgan fingerprint density at radius 2 is 1.74 bits per heavy atom. The van der Waals surface area contributed by atoms with Crippen LogP contribution in [0, 0.1) is 0 Å². The summed E-state index contributed by atoms with van der Waals surface area (Å²) in [5.41, 5.74) is -0.272. The molecule has 1 atom stereocenters. The van der Waals surface area contributed by atoms with Crippen LogP contribution in [0.4, 0.5) is 0 Å². The summed E-state index contributed by atoms with van der Waals surface area (Å²) in [5.74, 6) is 0.0360. The minimum absolute atomic E-state index is 0.0387. The molecule has 0 bridgehead atoms. The van der Waals surface area contributed by atoms with Crippen molar-refractivity contribution in [3.05, 3.63) is 22.4 Å². The number of nitrogens with zero attached hydrogens (tertiary/aromatic N) is 2. The third-order valence-electron chi connectivity index (χ3n) is 4.48. The first-order valence-electron chi connectivity index (χ1n) is 9.44. The summed E-state index contributed by atoms with van der Waals surface area (Å²) in [6.07, 6.45) is 0. The van der Waals surface area contributed by atoms with Crippen LogP contribution in [0.25, 0.3) is 0 Å². The van der Waals surface area contributed by atoms with Crippen LogP contribution >= 0.6 is 11.3 Å². The predicted molar refractivity (Wildman–Crippen MR) is 106 cm³/mol. The van der Waals surface area contributed by atoms with E-state index in [2.05, 4.69) is 5.32 Å². The summed E-state index contributed by atoms with van der Waals surface area (Å²) in [5, 5.41) is 4.83. The van der Waals surface area contributed by atoms with Crippen LogP contribution in [0.2, 0.25) is 0 Å². The number of quaternary nitrogens is 1. The highest BCUT2D eigenvalue weighted by Gasteiger charge is 2.28.